The van der Waals surface area contributed by atoms with Crippen LogP contribution in [0.25, 0.3) is 0 Å². The van der Waals surface area contributed by atoms with Gasteiger partial charge in [0.25, 0.3) is 0 Å². The summed E-state index contributed by atoms with van der Waals surface area (Å²) in [6.07, 6.45) is 2.26. The molecule has 0 aliphatic rings. The van der Waals surface area contributed by atoms with Gasteiger partial charge in [0.1, 0.15) is 17.2 Å². The Morgan fingerprint density at radius 3 is 0.759 bits per heavy atom. The van der Waals surface area contributed by atoms with Crippen molar-refractivity contribution in [3.05, 3.63) is 120 Å². The fourth-order valence-electron chi connectivity index (χ4n) is 8.21. The van der Waals surface area contributed by atoms with E-state index in [1.807, 2.05) is 6.92 Å². The van der Waals surface area contributed by atoms with Crippen molar-refractivity contribution in [3.8, 4) is 17.2 Å². The van der Waals surface area contributed by atoms with Crippen LogP contribution in [-0.4, -0.2) is 15.3 Å². The number of hydrogen-bond donors (Lipinski definition) is 3. The molecule has 0 saturated heterocycles. The fourth-order valence-corrected chi connectivity index (χ4v) is 8.21. The molecule has 0 radical (unpaired) electrons. The topological polar surface area (TPSA) is 60.7 Å². The van der Waals surface area contributed by atoms with Crippen molar-refractivity contribution in [2.45, 2.75) is 178 Å². The third kappa shape index (κ3) is 8.87. The Morgan fingerprint density at radius 2 is 0.537 bits per heavy atom. The Labute approximate surface area is 329 Å². The van der Waals surface area contributed by atoms with Crippen LogP contribution >= 0.6 is 0 Å². The molecule has 0 fully saturated rings. The highest BCUT2D eigenvalue weighted by atomic mass is 16.3. The summed E-state index contributed by atoms with van der Waals surface area (Å²) < 4.78 is 0. The van der Waals surface area contributed by atoms with Crippen LogP contribution in [0.4, 0.5) is 0 Å². The molecule has 0 unspecified atom stereocenters. The summed E-state index contributed by atoms with van der Waals surface area (Å²) in [4.78, 5) is 0. The average Bonchev–Trinajstić information content (AvgIpc) is 2.99. The molecule has 54 heavy (non-hydrogen) atoms. The van der Waals surface area contributed by atoms with Gasteiger partial charge in [0.2, 0.25) is 0 Å². The Hall–Kier alpha value is -3.72. The number of phenolic OH excluding ortho intramolecular Hbond substituents is 3. The van der Waals surface area contributed by atoms with Gasteiger partial charge in [-0.15, -0.1) is 0 Å². The molecule has 0 heterocycles. The molecule has 4 aromatic carbocycles. The molecule has 3 N–H and O–H groups in total. The van der Waals surface area contributed by atoms with Gasteiger partial charge in [0.15, 0.2) is 0 Å². The second kappa shape index (κ2) is 14.4. The number of rotatable bonds is 6. The molecule has 3 heteroatoms. The van der Waals surface area contributed by atoms with Crippen molar-refractivity contribution < 1.29 is 15.3 Å². The highest BCUT2D eigenvalue weighted by Crippen LogP contribution is 2.44. The van der Waals surface area contributed by atoms with Gasteiger partial charge in [-0.05, 0) is 157 Å². The second-order valence-corrected chi connectivity index (χ2v) is 21.5. The van der Waals surface area contributed by atoms with Gasteiger partial charge < -0.3 is 15.3 Å². The van der Waals surface area contributed by atoms with Gasteiger partial charge in [-0.25, -0.2) is 0 Å². The minimum absolute atomic E-state index is 0.193. The van der Waals surface area contributed by atoms with Crippen LogP contribution in [0.3, 0.4) is 0 Å². The van der Waals surface area contributed by atoms with E-state index in [0.717, 1.165) is 52.6 Å². The van der Waals surface area contributed by atoms with Crippen LogP contribution in [0, 0.1) is 27.7 Å². The first-order valence-corrected chi connectivity index (χ1v) is 20.0. The number of benzene rings is 4. The third-order valence-corrected chi connectivity index (χ3v) is 11.6. The molecule has 0 aromatic heterocycles. The lowest BCUT2D eigenvalue weighted by Crippen LogP contribution is -2.18. The van der Waals surface area contributed by atoms with Gasteiger partial charge in [-0.1, -0.05) is 140 Å². The predicted octanol–water partition coefficient (Wildman–Crippen LogP) is 13.3. The number of aromatic hydroxyl groups is 3. The van der Waals surface area contributed by atoms with E-state index in [9.17, 15) is 15.3 Å². The average molecular weight is 733 g/mol. The van der Waals surface area contributed by atoms with Crippen molar-refractivity contribution in [3.63, 3.8) is 0 Å². The smallest absolute Gasteiger partial charge is 0.123 e. The first-order valence-electron chi connectivity index (χ1n) is 20.0. The summed E-state index contributed by atoms with van der Waals surface area (Å²) in [7, 11) is 0. The summed E-state index contributed by atoms with van der Waals surface area (Å²) in [5.74, 6) is 1.20. The molecule has 4 rings (SSSR count). The molecule has 0 spiro atoms. The number of aryl methyl sites for hydroxylation is 1. The molecule has 0 bridgehead atoms. The minimum atomic E-state index is -0.219. The first-order chi connectivity index (χ1) is 24.3. The van der Waals surface area contributed by atoms with E-state index in [2.05, 4.69) is 161 Å². The predicted molar refractivity (Wildman–Crippen MR) is 232 cm³/mol. The standard InChI is InChI=1S/C51H72O3/c1-29-20-33(24-39(44(29)52)47(5,6)7)21-36-30(2)37(22-34-25-40(48(8,9)10)45(53)41(26-34)49(11,12)13)32(4)38(31(36)3)23-35-27-42(50(14,15)16)46(54)43(28-35)51(17,18)19/h20,24-28,52-54H,21-23H2,1-19H3. The van der Waals surface area contributed by atoms with Gasteiger partial charge in [-0.3, -0.25) is 0 Å². The molecule has 0 atom stereocenters. The molecule has 294 valence electrons. The highest BCUT2D eigenvalue weighted by molar-refractivity contribution is 5.59. The minimum Gasteiger partial charge on any atom is -0.507 e. The molecular weight excluding hydrogens is 661 g/mol. The van der Waals surface area contributed by atoms with Crippen LogP contribution < -0.4 is 0 Å². The summed E-state index contributed by atoms with van der Waals surface area (Å²) in [5.41, 5.74) is 16.2. The van der Waals surface area contributed by atoms with Crippen LogP contribution in [-0.2, 0) is 46.3 Å². The van der Waals surface area contributed by atoms with Crippen molar-refractivity contribution in [2.75, 3.05) is 0 Å². The van der Waals surface area contributed by atoms with Crippen LogP contribution in [0.15, 0.2) is 36.4 Å². The van der Waals surface area contributed by atoms with E-state index >= 15 is 0 Å². The highest BCUT2D eigenvalue weighted by Gasteiger charge is 2.30. The van der Waals surface area contributed by atoms with E-state index in [-0.39, 0.29) is 27.1 Å². The Balaban J connectivity index is 2.06. The van der Waals surface area contributed by atoms with E-state index < -0.39 is 0 Å². The quantitative estimate of drug-likeness (QED) is 0.185. The number of phenols is 3. The van der Waals surface area contributed by atoms with Crippen molar-refractivity contribution in [1.29, 1.82) is 0 Å². The molecule has 3 nitrogen and oxygen atoms in total. The monoisotopic (exact) mass is 733 g/mol. The molecule has 0 aliphatic carbocycles. The van der Waals surface area contributed by atoms with Crippen LogP contribution in [0.1, 0.15) is 187 Å². The van der Waals surface area contributed by atoms with Crippen LogP contribution in [0.5, 0.6) is 17.2 Å². The SMILES string of the molecule is Cc1cc(Cc2c(C)c(Cc3cc(C(C)(C)C)c(O)c(C(C)(C)C)c3)c(C)c(Cc3cc(C(C)(C)C)c(O)c(C(C)(C)C)c3)c2C)cc(C(C)(C)C)c1O. The van der Waals surface area contributed by atoms with Crippen LogP contribution in [0.2, 0.25) is 0 Å². The maximum absolute atomic E-state index is 11.6. The molecule has 0 aliphatic heterocycles. The van der Waals surface area contributed by atoms with Crippen molar-refractivity contribution in [1.82, 2.24) is 0 Å². The van der Waals surface area contributed by atoms with Gasteiger partial charge in [-0.2, -0.15) is 0 Å². The van der Waals surface area contributed by atoms with Gasteiger partial charge >= 0.3 is 0 Å². The Kier molecular flexibility index (Phi) is 11.5. The zero-order valence-corrected chi connectivity index (χ0v) is 37.4. The Bertz CT molecular complexity index is 1870. The number of hydrogen-bond acceptors (Lipinski definition) is 3. The summed E-state index contributed by atoms with van der Waals surface area (Å²) in [5, 5.41) is 34.3. The first kappa shape index (κ1) is 43.0. The zero-order chi connectivity index (χ0) is 41.3. The molecule has 0 saturated carbocycles. The molecular formula is C51H72O3. The normalized spacial score (nSPS) is 13.2. The fraction of sp³-hybridized carbons (Fsp3) is 0.529. The Morgan fingerprint density at radius 1 is 0.333 bits per heavy atom. The van der Waals surface area contributed by atoms with E-state index in [1.54, 1.807) is 0 Å². The maximum atomic E-state index is 11.6. The van der Waals surface area contributed by atoms with Crippen molar-refractivity contribution in [2.24, 2.45) is 0 Å². The summed E-state index contributed by atoms with van der Waals surface area (Å²) >= 11 is 0. The van der Waals surface area contributed by atoms with Gasteiger partial charge in [0, 0.05) is 0 Å². The summed E-state index contributed by atoms with van der Waals surface area (Å²) in [6.45, 7) is 41.5. The van der Waals surface area contributed by atoms with Crippen molar-refractivity contribution >= 4 is 0 Å². The maximum Gasteiger partial charge on any atom is 0.123 e. The lowest BCUT2D eigenvalue weighted by molar-refractivity contribution is 0.422. The van der Waals surface area contributed by atoms with E-state index in [4.69, 9.17) is 0 Å². The molecule has 4 aromatic rings. The lowest BCUT2D eigenvalue weighted by Gasteiger charge is -2.30. The largest absolute Gasteiger partial charge is 0.507 e. The summed E-state index contributed by atoms with van der Waals surface area (Å²) in [6, 6.07) is 13.3. The van der Waals surface area contributed by atoms with E-state index in [0.29, 0.717) is 17.2 Å². The van der Waals surface area contributed by atoms with Gasteiger partial charge in [0.05, 0.1) is 0 Å². The second-order valence-electron chi connectivity index (χ2n) is 21.5. The third-order valence-electron chi connectivity index (χ3n) is 11.6. The molecule has 0 amide bonds. The zero-order valence-electron chi connectivity index (χ0n) is 37.4. The van der Waals surface area contributed by atoms with E-state index in [1.165, 1.54) is 50.1 Å². The lowest BCUT2D eigenvalue weighted by atomic mass is 9.76.